The normalized spacial score (nSPS) is 11.2. The number of carbonyl (C=O) groups excluding carboxylic acids is 1. The Bertz CT molecular complexity index is 854. The standard InChI is InChI=1S/C19H24N2O5S/c1-11-9-20-13(12(2)15(11)25-6)10-21(18(24)26-19(3,4)5)14-7-8-27-16(14)17(22)23/h7-9H,10H2,1-6H3,(H,22,23). The minimum Gasteiger partial charge on any atom is -0.496 e. The van der Waals surface area contributed by atoms with Crippen LogP contribution in [0.4, 0.5) is 10.5 Å². The van der Waals surface area contributed by atoms with Gasteiger partial charge in [0.1, 0.15) is 16.2 Å². The van der Waals surface area contributed by atoms with Gasteiger partial charge < -0.3 is 14.6 Å². The van der Waals surface area contributed by atoms with Crippen molar-refractivity contribution < 1.29 is 24.2 Å². The number of amides is 1. The third-order valence-electron chi connectivity index (χ3n) is 3.80. The number of hydrogen-bond acceptors (Lipinski definition) is 6. The van der Waals surface area contributed by atoms with E-state index in [9.17, 15) is 14.7 Å². The quantitative estimate of drug-likeness (QED) is 0.811. The van der Waals surface area contributed by atoms with Crippen LogP contribution in [0.15, 0.2) is 17.6 Å². The van der Waals surface area contributed by atoms with Gasteiger partial charge in [-0.3, -0.25) is 9.88 Å². The first-order valence-electron chi connectivity index (χ1n) is 8.35. The smallest absolute Gasteiger partial charge is 0.415 e. The molecule has 0 aliphatic heterocycles. The lowest BCUT2D eigenvalue weighted by Gasteiger charge is -2.27. The molecule has 2 aromatic rings. The highest BCUT2D eigenvalue weighted by molar-refractivity contribution is 7.12. The maximum atomic E-state index is 12.8. The lowest BCUT2D eigenvalue weighted by atomic mass is 10.1. The molecule has 0 spiro atoms. The van der Waals surface area contributed by atoms with Crippen LogP contribution in [0.3, 0.4) is 0 Å². The number of pyridine rings is 1. The molecule has 0 aliphatic rings. The van der Waals surface area contributed by atoms with Crippen LogP contribution in [0.1, 0.15) is 47.3 Å². The predicted molar refractivity (Wildman–Crippen MR) is 104 cm³/mol. The van der Waals surface area contributed by atoms with Crippen molar-refractivity contribution in [2.75, 3.05) is 12.0 Å². The Morgan fingerprint density at radius 2 is 1.96 bits per heavy atom. The number of carboxylic acids is 1. The zero-order chi connectivity index (χ0) is 20.4. The largest absolute Gasteiger partial charge is 0.496 e. The summed E-state index contributed by atoms with van der Waals surface area (Å²) in [5, 5.41) is 11.1. The molecule has 0 atom stereocenters. The fourth-order valence-corrected chi connectivity index (χ4v) is 3.35. The molecule has 0 aromatic carbocycles. The van der Waals surface area contributed by atoms with Crippen LogP contribution >= 0.6 is 11.3 Å². The van der Waals surface area contributed by atoms with Gasteiger partial charge >= 0.3 is 12.1 Å². The molecule has 0 unspecified atom stereocenters. The van der Waals surface area contributed by atoms with Crippen molar-refractivity contribution in [3.63, 3.8) is 0 Å². The zero-order valence-electron chi connectivity index (χ0n) is 16.3. The predicted octanol–water partition coefficient (Wildman–Crippen LogP) is 4.41. The van der Waals surface area contributed by atoms with Gasteiger partial charge in [-0.2, -0.15) is 0 Å². The van der Waals surface area contributed by atoms with E-state index >= 15 is 0 Å². The molecule has 2 rings (SSSR count). The number of anilines is 1. The molecule has 0 saturated heterocycles. The number of ether oxygens (including phenoxy) is 2. The van der Waals surface area contributed by atoms with E-state index in [2.05, 4.69) is 4.98 Å². The molecule has 1 N–H and O–H groups in total. The minimum atomic E-state index is -1.10. The van der Waals surface area contributed by atoms with E-state index < -0.39 is 17.7 Å². The Labute approximate surface area is 162 Å². The van der Waals surface area contributed by atoms with Gasteiger partial charge in [0.05, 0.1) is 25.0 Å². The van der Waals surface area contributed by atoms with Crippen molar-refractivity contribution in [2.45, 2.75) is 46.8 Å². The van der Waals surface area contributed by atoms with E-state index in [1.165, 1.54) is 4.90 Å². The SMILES string of the molecule is COc1c(C)cnc(CN(C(=O)OC(C)(C)C)c2ccsc2C(=O)O)c1C. The van der Waals surface area contributed by atoms with Gasteiger partial charge in [-0.25, -0.2) is 9.59 Å². The van der Waals surface area contributed by atoms with Crippen LogP contribution in [0.25, 0.3) is 0 Å². The van der Waals surface area contributed by atoms with Crippen LogP contribution in [-0.4, -0.2) is 34.9 Å². The molecule has 7 nitrogen and oxygen atoms in total. The fourth-order valence-electron chi connectivity index (χ4n) is 2.62. The topological polar surface area (TPSA) is 89.0 Å². The van der Waals surface area contributed by atoms with Gasteiger partial charge in [0, 0.05) is 17.3 Å². The first-order chi connectivity index (χ1) is 12.5. The zero-order valence-corrected chi connectivity index (χ0v) is 17.1. The average molecular weight is 392 g/mol. The minimum absolute atomic E-state index is 0.0639. The van der Waals surface area contributed by atoms with Gasteiger partial charge in [-0.1, -0.05) is 0 Å². The summed E-state index contributed by atoms with van der Waals surface area (Å²) in [7, 11) is 1.58. The van der Waals surface area contributed by atoms with Crippen LogP contribution in [0.2, 0.25) is 0 Å². The lowest BCUT2D eigenvalue weighted by Crippen LogP contribution is -2.37. The number of aryl methyl sites for hydroxylation is 1. The van der Waals surface area contributed by atoms with Crippen molar-refractivity contribution in [3.05, 3.63) is 39.3 Å². The number of nitrogens with zero attached hydrogens (tertiary/aromatic N) is 2. The number of aromatic nitrogens is 1. The van der Waals surface area contributed by atoms with E-state index in [-0.39, 0.29) is 17.1 Å². The number of rotatable bonds is 5. The van der Waals surface area contributed by atoms with Gasteiger partial charge in [0.15, 0.2) is 0 Å². The van der Waals surface area contributed by atoms with Gasteiger partial charge in [-0.15, -0.1) is 11.3 Å². The van der Waals surface area contributed by atoms with Crippen molar-refractivity contribution in [3.8, 4) is 5.75 Å². The van der Waals surface area contributed by atoms with Crippen LogP contribution in [0, 0.1) is 13.8 Å². The number of aromatic carboxylic acids is 1. The Morgan fingerprint density at radius 1 is 1.30 bits per heavy atom. The summed E-state index contributed by atoms with van der Waals surface area (Å²) in [6, 6.07) is 1.60. The molecule has 2 heterocycles. The van der Waals surface area contributed by atoms with Crippen molar-refractivity contribution in [1.82, 2.24) is 4.98 Å². The molecule has 1 amide bonds. The number of hydrogen-bond donors (Lipinski definition) is 1. The molecule has 0 fully saturated rings. The van der Waals surface area contributed by atoms with Crippen molar-refractivity contribution in [1.29, 1.82) is 0 Å². The summed E-state index contributed by atoms with van der Waals surface area (Å²) in [6.07, 6.45) is 1.03. The maximum absolute atomic E-state index is 12.8. The summed E-state index contributed by atoms with van der Waals surface area (Å²) >= 11 is 1.05. The van der Waals surface area contributed by atoms with E-state index in [0.717, 1.165) is 22.5 Å². The third-order valence-corrected chi connectivity index (χ3v) is 4.69. The Balaban J connectivity index is 2.49. The Kier molecular flexibility index (Phi) is 6.10. The van der Waals surface area contributed by atoms with Crippen LogP contribution in [-0.2, 0) is 11.3 Å². The molecule has 146 valence electrons. The molecular formula is C19H24N2O5S. The van der Waals surface area contributed by atoms with Crippen LogP contribution < -0.4 is 9.64 Å². The Hall–Kier alpha value is -2.61. The summed E-state index contributed by atoms with van der Waals surface area (Å²) in [4.78, 5) is 30.2. The molecule has 8 heteroatoms. The van der Waals surface area contributed by atoms with E-state index in [1.54, 1.807) is 45.5 Å². The monoisotopic (exact) mass is 392 g/mol. The number of carbonyl (C=O) groups is 2. The first-order valence-corrected chi connectivity index (χ1v) is 9.23. The molecule has 0 saturated carbocycles. The number of carboxylic acid groups (broad SMARTS) is 1. The second-order valence-corrected chi connectivity index (χ2v) is 7.97. The van der Waals surface area contributed by atoms with Gasteiger partial charge in [0.2, 0.25) is 0 Å². The van der Waals surface area contributed by atoms with Gasteiger partial charge in [-0.05, 0) is 46.1 Å². The molecule has 0 bridgehead atoms. The average Bonchev–Trinajstić information content (AvgIpc) is 3.02. The van der Waals surface area contributed by atoms with Crippen LogP contribution in [0.5, 0.6) is 5.75 Å². The fraction of sp³-hybridized carbons (Fsp3) is 0.421. The van der Waals surface area contributed by atoms with E-state index in [0.29, 0.717) is 11.4 Å². The first kappa shape index (κ1) is 20.7. The number of methoxy groups -OCH3 is 1. The summed E-state index contributed by atoms with van der Waals surface area (Å²) in [5.41, 5.74) is 1.83. The highest BCUT2D eigenvalue weighted by Crippen LogP contribution is 2.31. The highest BCUT2D eigenvalue weighted by atomic mass is 32.1. The second kappa shape index (κ2) is 7.96. The molecule has 0 aliphatic carbocycles. The third kappa shape index (κ3) is 4.77. The highest BCUT2D eigenvalue weighted by Gasteiger charge is 2.29. The molecule has 2 aromatic heterocycles. The maximum Gasteiger partial charge on any atom is 0.415 e. The summed E-state index contributed by atoms with van der Waals surface area (Å²) in [6.45, 7) is 9.07. The summed E-state index contributed by atoms with van der Waals surface area (Å²) < 4.78 is 10.9. The Morgan fingerprint density at radius 3 is 2.52 bits per heavy atom. The van der Waals surface area contributed by atoms with Crippen molar-refractivity contribution in [2.24, 2.45) is 0 Å². The second-order valence-electron chi connectivity index (χ2n) is 7.05. The molecular weight excluding hydrogens is 368 g/mol. The van der Waals surface area contributed by atoms with Crippen molar-refractivity contribution >= 4 is 29.1 Å². The van der Waals surface area contributed by atoms with E-state index in [4.69, 9.17) is 9.47 Å². The lowest BCUT2D eigenvalue weighted by molar-refractivity contribution is 0.0577. The number of thiophene rings is 1. The molecule has 27 heavy (non-hydrogen) atoms. The molecule has 0 radical (unpaired) electrons. The summed E-state index contributed by atoms with van der Waals surface area (Å²) in [5.74, 6) is -0.410. The van der Waals surface area contributed by atoms with E-state index in [1.807, 2.05) is 13.8 Å². The van der Waals surface area contributed by atoms with Gasteiger partial charge in [0.25, 0.3) is 0 Å².